The smallest absolute Gasteiger partial charge is 0.174 e. The Kier molecular flexibility index (Phi) is 3.63. The Morgan fingerprint density at radius 3 is 2.86 bits per heavy atom. The molecule has 0 saturated carbocycles. The third-order valence-corrected chi connectivity index (χ3v) is 3.53. The Balaban J connectivity index is 1.95. The molecule has 2 aromatic rings. The van der Waals surface area contributed by atoms with Crippen LogP contribution in [0.3, 0.4) is 0 Å². The number of carbonyl (C=O) groups excluding carboxylic acids is 1. The summed E-state index contributed by atoms with van der Waals surface area (Å²) in [5, 5.41) is 19.4. The van der Waals surface area contributed by atoms with Crippen LogP contribution in [0.1, 0.15) is 35.4 Å². The number of ether oxygens (including phenoxy) is 2. The van der Waals surface area contributed by atoms with E-state index in [4.69, 9.17) is 9.47 Å². The highest BCUT2D eigenvalue weighted by Gasteiger charge is 2.30. The first-order valence-electron chi connectivity index (χ1n) is 7.07. The average Bonchev–Trinajstić information content (AvgIpc) is 2.46. The van der Waals surface area contributed by atoms with E-state index in [1.807, 2.05) is 31.2 Å². The fourth-order valence-corrected chi connectivity index (χ4v) is 2.58. The maximum Gasteiger partial charge on any atom is 0.174 e. The maximum atomic E-state index is 12.3. The summed E-state index contributed by atoms with van der Waals surface area (Å²) in [7, 11) is 0. The second kappa shape index (κ2) is 5.60. The van der Waals surface area contributed by atoms with E-state index in [1.54, 1.807) is 0 Å². The van der Waals surface area contributed by atoms with Crippen molar-refractivity contribution in [2.75, 3.05) is 6.61 Å². The van der Waals surface area contributed by atoms with Crippen LogP contribution in [0.25, 0.3) is 0 Å². The van der Waals surface area contributed by atoms with Crippen LogP contribution in [-0.2, 0) is 0 Å². The number of benzene rings is 2. The van der Waals surface area contributed by atoms with Gasteiger partial charge in [0, 0.05) is 12.1 Å². The van der Waals surface area contributed by atoms with E-state index in [-0.39, 0.29) is 35.0 Å². The Labute approximate surface area is 127 Å². The van der Waals surface area contributed by atoms with Gasteiger partial charge in [0.15, 0.2) is 5.78 Å². The quantitative estimate of drug-likeness (QED) is 0.910. The second-order valence-corrected chi connectivity index (χ2v) is 5.08. The number of aromatic hydroxyl groups is 2. The van der Waals surface area contributed by atoms with Gasteiger partial charge in [0.25, 0.3) is 0 Å². The minimum atomic E-state index is -0.471. The highest BCUT2D eigenvalue weighted by molar-refractivity contribution is 6.02. The van der Waals surface area contributed by atoms with E-state index in [9.17, 15) is 15.0 Å². The molecule has 0 aliphatic carbocycles. The number of carbonyl (C=O) groups is 1. The number of hydrogen-bond donors (Lipinski definition) is 2. The molecule has 0 bridgehead atoms. The van der Waals surface area contributed by atoms with Crippen molar-refractivity contribution in [3.8, 4) is 23.0 Å². The van der Waals surface area contributed by atoms with Gasteiger partial charge in [-0.3, -0.25) is 4.79 Å². The summed E-state index contributed by atoms with van der Waals surface area (Å²) < 4.78 is 11.2. The van der Waals surface area contributed by atoms with Crippen molar-refractivity contribution in [2.45, 2.75) is 19.4 Å². The molecule has 0 saturated heterocycles. The van der Waals surface area contributed by atoms with Crippen LogP contribution >= 0.6 is 0 Å². The Morgan fingerprint density at radius 1 is 1.27 bits per heavy atom. The van der Waals surface area contributed by atoms with Crippen LogP contribution in [0.5, 0.6) is 23.0 Å². The zero-order chi connectivity index (χ0) is 15.7. The average molecular weight is 300 g/mol. The molecular weight excluding hydrogens is 284 g/mol. The first kappa shape index (κ1) is 14.3. The van der Waals surface area contributed by atoms with Crippen molar-refractivity contribution in [1.29, 1.82) is 0 Å². The van der Waals surface area contributed by atoms with Gasteiger partial charge in [-0.25, -0.2) is 0 Å². The van der Waals surface area contributed by atoms with E-state index < -0.39 is 6.10 Å². The van der Waals surface area contributed by atoms with Gasteiger partial charge in [-0.15, -0.1) is 0 Å². The van der Waals surface area contributed by atoms with Crippen molar-refractivity contribution in [3.05, 3.63) is 47.5 Å². The summed E-state index contributed by atoms with van der Waals surface area (Å²) in [5.41, 5.74) is 0.933. The predicted octanol–water partition coefficient (Wildman–Crippen LogP) is 3.20. The van der Waals surface area contributed by atoms with Gasteiger partial charge in [0.1, 0.15) is 34.7 Å². The zero-order valence-electron chi connectivity index (χ0n) is 12.1. The monoisotopic (exact) mass is 300 g/mol. The fraction of sp³-hybridized carbons (Fsp3) is 0.235. The molecule has 114 valence electrons. The summed E-state index contributed by atoms with van der Waals surface area (Å²) in [5.74, 6) is 0.279. The summed E-state index contributed by atoms with van der Waals surface area (Å²) in [4.78, 5) is 12.3. The molecule has 2 N–H and O–H groups in total. The number of rotatable bonds is 3. The maximum absolute atomic E-state index is 12.3. The van der Waals surface area contributed by atoms with Crippen LogP contribution < -0.4 is 9.47 Å². The number of hydrogen-bond acceptors (Lipinski definition) is 5. The van der Waals surface area contributed by atoms with Crippen LogP contribution in [0.2, 0.25) is 0 Å². The van der Waals surface area contributed by atoms with Crippen molar-refractivity contribution in [1.82, 2.24) is 0 Å². The molecule has 1 atom stereocenters. The van der Waals surface area contributed by atoms with Crippen LogP contribution in [-0.4, -0.2) is 22.6 Å². The third kappa shape index (κ3) is 2.57. The van der Waals surface area contributed by atoms with Crippen molar-refractivity contribution >= 4 is 5.78 Å². The Hall–Kier alpha value is -2.69. The molecule has 0 spiro atoms. The molecule has 1 aliphatic heterocycles. The zero-order valence-corrected chi connectivity index (χ0v) is 12.1. The van der Waals surface area contributed by atoms with E-state index >= 15 is 0 Å². The number of fused-ring (bicyclic) bond motifs is 1. The van der Waals surface area contributed by atoms with Crippen molar-refractivity contribution < 1.29 is 24.5 Å². The molecule has 22 heavy (non-hydrogen) atoms. The van der Waals surface area contributed by atoms with Crippen LogP contribution in [0, 0.1) is 0 Å². The van der Waals surface area contributed by atoms with Crippen LogP contribution in [0.4, 0.5) is 0 Å². The van der Waals surface area contributed by atoms with Crippen molar-refractivity contribution in [3.63, 3.8) is 0 Å². The van der Waals surface area contributed by atoms with E-state index in [2.05, 4.69) is 0 Å². The summed E-state index contributed by atoms with van der Waals surface area (Å²) in [6, 6.07) is 9.83. The molecule has 2 aromatic carbocycles. The first-order valence-corrected chi connectivity index (χ1v) is 7.07. The lowest BCUT2D eigenvalue weighted by molar-refractivity contribution is 0.0844. The van der Waals surface area contributed by atoms with E-state index in [0.717, 1.165) is 11.6 Å². The SMILES string of the molecule is CCOc1cccc(C2CC(=O)c3c(O)cc(O)cc3O2)c1. The van der Waals surface area contributed by atoms with E-state index in [0.29, 0.717) is 12.4 Å². The number of Topliss-reactive ketones (excluding diaryl/α,β-unsaturated/α-hetero) is 1. The number of ketones is 1. The third-order valence-electron chi connectivity index (χ3n) is 3.53. The molecular formula is C17H16O5. The lowest BCUT2D eigenvalue weighted by atomic mass is 9.95. The van der Waals surface area contributed by atoms with Gasteiger partial charge in [-0.1, -0.05) is 12.1 Å². The molecule has 1 unspecified atom stereocenters. The Morgan fingerprint density at radius 2 is 2.09 bits per heavy atom. The summed E-state index contributed by atoms with van der Waals surface area (Å²) in [6.45, 7) is 2.45. The van der Waals surface area contributed by atoms with Crippen molar-refractivity contribution in [2.24, 2.45) is 0 Å². The Bertz CT molecular complexity index is 723. The molecule has 0 fully saturated rings. The number of phenols is 2. The molecule has 5 heteroatoms. The highest BCUT2D eigenvalue weighted by Crippen LogP contribution is 2.41. The molecule has 3 rings (SSSR count). The van der Waals surface area contributed by atoms with E-state index in [1.165, 1.54) is 6.07 Å². The minimum absolute atomic E-state index is 0.120. The first-order chi connectivity index (χ1) is 10.6. The number of phenolic OH excluding ortho intramolecular Hbond substituents is 2. The second-order valence-electron chi connectivity index (χ2n) is 5.08. The van der Waals surface area contributed by atoms with Gasteiger partial charge in [-0.2, -0.15) is 0 Å². The largest absolute Gasteiger partial charge is 0.508 e. The van der Waals surface area contributed by atoms with Gasteiger partial charge >= 0.3 is 0 Å². The predicted molar refractivity (Wildman–Crippen MR) is 79.7 cm³/mol. The van der Waals surface area contributed by atoms with Gasteiger partial charge in [0.2, 0.25) is 0 Å². The van der Waals surface area contributed by atoms with Gasteiger partial charge in [0.05, 0.1) is 13.0 Å². The summed E-state index contributed by atoms with van der Waals surface area (Å²) >= 11 is 0. The molecule has 0 aromatic heterocycles. The minimum Gasteiger partial charge on any atom is -0.508 e. The normalized spacial score (nSPS) is 16.8. The van der Waals surface area contributed by atoms with Gasteiger partial charge in [-0.05, 0) is 24.6 Å². The molecule has 1 heterocycles. The molecule has 1 aliphatic rings. The topological polar surface area (TPSA) is 76.0 Å². The molecule has 0 radical (unpaired) electrons. The highest BCUT2D eigenvalue weighted by atomic mass is 16.5. The molecule has 0 amide bonds. The van der Waals surface area contributed by atoms with Crippen LogP contribution in [0.15, 0.2) is 36.4 Å². The summed E-state index contributed by atoms with van der Waals surface area (Å²) in [6.07, 6.45) is -0.345. The van der Waals surface area contributed by atoms with Gasteiger partial charge < -0.3 is 19.7 Å². The lowest BCUT2D eigenvalue weighted by Crippen LogP contribution is -2.20. The fourth-order valence-electron chi connectivity index (χ4n) is 2.58. The molecule has 5 nitrogen and oxygen atoms in total. The standard InChI is InChI=1S/C17H16O5/c1-2-21-12-5-3-4-10(6-12)15-9-14(20)17-13(19)7-11(18)8-16(17)22-15/h3-8,15,18-19H,2,9H2,1H3. The lowest BCUT2D eigenvalue weighted by Gasteiger charge is -2.26.